The minimum Gasteiger partial charge on any atom is -0.328 e. The van der Waals surface area contributed by atoms with Crippen LogP contribution < -0.4 is 5.73 Å². The molecule has 1 fully saturated rings. The van der Waals surface area contributed by atoms with Crippen molar-refractivity contribution in [3.05, 3.63) is 17.5 Å². The topological polar surface area (TPSA) is 43.8 Å². The molecule has 0 aromatic carbocycles. The summed E-state index contributed by atoms with van der Waals surface area (Å²) in [7, 11) is 1.89. The van der Waals surface area contributed by atoms with Crippen molar-refractivity contribution in [1.82, 2.24) is 9.78 Å². The molecule has 2 N–H and O–H groups in total. The predicted octanol–water partition coefficient (Wildman–Crippen LogP) is 2.13. The SMILES string of the molecule is CCc1cc(CC2(F)CCCC(N)C2)n(C)n1. The highest BCUT2D eigenvalue weighted by Crippen LogP contribution is 2.34. The maximum Gasteiger partial charge on any atom is 0.118 e. The van der Waals surface area contributed by atoms with Gasteiger partial charge in [0.1, 0.15) is 5.67 Å². The summed E-state index contributed by atoms with van der Waals surface area (Å²) < 4.78 is 16.5. The average molecular weight is 239 g/mol. The molecule has 0 aliphatic heterocycles. The number of hydrogen-bond donors (Lipinski definition) is 1. The van der Waals surface area contributed by atoms with Gasteiger partial charge in [-0.15, -0.1) is 0 Å². The van der Waals surface area contributed by atoms with Gasteiger partial charge >= 0.3 is 0 Å². The highest BCUT2D eigenvalue weighted by atomic mass is 19.1. The zero-order chi connectivity index (χ0) is 12.5. The van der Waals surface area contributed by atoms with Gasteiger partial charge in [-0.1, -0.05) is 6.92 Å². The number of rotatable bonds is 3. The maximum absolute atomic E-state index is 14.7. The third-order valence-corrected chi connectivity index (χ3v) is 3.72. The van der Waals surface area contributed by atoms with Crippen LogP contribution in [0.5, 0.6) is 0 Å². The molecule has 2 atom stereocenters. The fourth-order valence-corrected chi connectivity index (χ4v) is 2.75. The number of hydrogen-bond acceptors (Lipinski definition) is 2. The molecule has 17 heavy (non-hydrogen) atoms. The van der Waals surface area contributed by atoms with Gasteiger partial charge in [0.2, 0.25) is 0 Å². The Balaban J connectivity index is 2.10. The Bertz CT molecular complexity index is 388. The first-order valence-electron chi connectivity index (χ1n) is 6.49. The van der Waals surface area contributed by atoms with Gasteiger partial charge in [0.15, 0.2) is 0 Å². The molecule has 96 valence electrons. The molecule has 1 aliphatic rings. The molecule has 1 aromatic heterocycles. The van der Waals surface area contributed by atoms with E-state index in [0.29, 0.717) is 19.3 Å². The summed E-state index contributed by atoms with van der Waals surface area (Å²) in [5, 5.41) is 4.36. The molecule has 0 amide bonds. The van der Waals surface area contributed by atoms with Crippen molar-refractivity contribution in [2.24, 2.45) is 12.8 Å². The summed E-state index contributed by atoms with van der Waals surface area (Å²) in [6.45, 7) is 2.06. The molecule has 0 saturated heterocycles. The molecule has 2 rings (SSSR count). The standard InChI is InChI=1S/C13H22FN3/c1-3-11-7-12(17(2)16-11)9-13(14)6-4-5-10(15)8-13/h7,10H,3-6,8-9,15H2,1-2H3. The van der Waals surface area contributed by atoms with Crippen molar-refractivity contribution >= 4 is 0 Å². The lowest BCUT2D eigenvalue weighted by Gasteiger charge is -2.33. The van der Waals surface area contributed by atoms with Crippen molar-refractivity contribution in [3.8, 4) is 0 Å². The molecule has 2 unspecified atom stereocenters. The molecule has 4 heteroatoms. The van der Waals surface area contributed by atoms with Crippen LogP contribution in [0.25, 0.3) is 0 Å². The minimum atomic E-state index is -1.13. The Hall–Kier alpha value is -0.900. The Morgan fingerprint density at radius 3 is 3.00 bits per heavy atom. The minimum absolute atomic E-state index is 0.0209. The highest BCUT2D eigenvalue weighted by molar-refractivity contribution is 5.13. The quantitative estimate of drug-likeness (QED) is 0.878. The third kappa shape index (κ3) is 2.86. The molecule has 1 aromatic rings. The first kappa shape index (κ1) is 12.6. The normalized spacial score (nSPS) is 29.5. The first-order valence-corrected chi connectivity index (χ1v) is 6.49. The molecule has 1 heterocycles. The van der Waals surface area contributed by atoms with Crippen molar-refractivity contribution in [1.29, 1.82) is 0 Å². The van der Waals surface area contributed by atoms with Gasteiger partial charge in [0.05, 0.1) is 5.69 Å². The Labute approximate surface area is 102 Å². The van der Waals surface area contributed by atoms with Crippen LogP contribution in [0.4, 0.5) is 4.39 Å². The number of nitrogens with zero attached hydrogens (tertiary/aromatic N) is 2. The number of aromatic nitrogens is 2. The lowest BCUT2D eigenvalue weighted by molar-refractivity contribution is 0.0943. The van der Waals surface area contributed by atoms with Crippen molar-refractivity contribution < 1.29 is 4.39 Å². The highest BCUT2D eigenvalue weighted by Gasteiger charge is 2.36. The van der Waals surface area contributed by atoms with Crippen LogP contribution in [0, 0.1) is 0 Å². The lowest BCUT2D eigenvalue weighted by atomic mass is 9.80. The monoisotopic (exact) mass is 239 g/mol. The van der Waals surface area contributed by atoms with Crippen LogP contribution in [0.3, 0.4) is 0 Å². The molecule has 1 aliphatic carbocycles. The smallest absolute Gasteiger partial charge is 0.118 e. The number of alkyl halides is 1. The van der Waals surface area contributed by atoms with Crippen LogP contribution in [-0.4, -0.2) is 21.5 Å². The van der Waals surface area contributed by atoms with E-state index in [9.17, 15) is 4.39 Å². The van der Waals surface area contributed by atoms with E-state index in [4.69, 9.17) is 5.73 Å². The van der Waals surface area contributed by atoms with Crippen LogP contribution >= 0.6 is 0 Å². The summed E-state index contributed by atoms with van der Waals surface area (Å²) in [6, 6.07) is 2.04. The van der Waals surface area contributed by atoms with Gasteiger partial charge in [-0.2, -0.15) is 5.10 Å². The summed E-state index contributed by atoms with van der Waals surface area (Å²) in [5.74, 6) is 0. The Morgan fingerprint density at radius 1 is 1.65 bits per heavy atom. The molecular formula is C13H22FN3. The summed E-state index contributed by atoms with van der Waals surface area (Å²) >= 11 is 0. The van der Waals surface area contributed by atoms with E-state index in [2.05, 4.69) is 12.0 Å². The van der Waals surface area contributed by atoms with E-state index in [0.717, 1.165) is 30.7 Å². The second-order valence-electron chi connectivity index (χ2n) is 5.29. The summed E-state index contributed by atoms with van der Waals surface area (Å²) in [4.78, 5) is 0. The number of aryl methyl sites for hydroxylation is 2. The van der Waals surface area contributed by atoms with E-state index in [1.54, 1.807) is 4.68 Å². The van der Waals surface area contributed by atoms with E-state index >= 15 is 0 Å². The molecular weight excluding hydrogens is 217 g/mol. The van der Waals surface area contributed by atoms with Gasteiger partial charge in [-0.3, -0.25) is 4.68 Å². The third-order valence-electron chi connectivity index (χ3n) is 3.72. The second kappa shape index (κ2) is 4.77. The summed E-state index contributed by atoms with van der Waals surface area (Å²) in [6.07, 6.45) is 4.32. The first-order chi connectivity index (χ1) is 8.02. The number of nitrogens with two attached hydrogens (primary N) is 1. The average Bonchev–Trinajstić information content (AvgIpc) is 2.58. The van der Waals surface area contributed by atoms with Crippen LogP contribution in [0.2, 0.25) is 0 Å². The molecule has 0 radical (unpaired) electrons. The van der Waals surface area contributed by atoms with Crippen LogP contribution in [-0.2, 0) is 19.9 Å². The van der Waals surface area contributed by atoms with Gasteiger partial charge < -0.3 is 5.73 Å². The fraction of sp³-hybridized carbons (Fsp3) is 0.769. The second-order valence-corrected chi connectivity index (χ2v) is 5.29. The van der Waals surface area contributed by atoms with Crippen LogP contribution in [0.1, 0.15) is 44.0 Å². The molecule has 0 spiro atoms. The zero-order valence-corrected chi connectivity index (χ0v) is 10.7. The van der Waals surface area contributed by atoms with Crippen LogP contribution in [0.15, 0.2) is 6.07 Å². The lowest BCUT2D eigenvalue weighted by Crippen LogP contribution is -2.39. The molecule has 0 bridgehead atoms. The Morgan fingerprint density at radius 2 is 2.41 bits per heavy atom. The van der Waals surface area contributed by atoms with E-state index in [-0.39, 0.29) is 6.04 Å². The van der Waals surface area contributed by atoms with Gasteiger partial charge in [-0.05, 0) is 38.2 Å². The Kier molecular flexibility index (Phi) is 3.52. The maximum atomic E-state index is 14.7. The zero-order valence-electron chi connectivity index (χ0n) is 10.7. The fourth-order valence-electron chi connectivity index (χ4n) is 2.75. The van der Waals surface area contributed by atoms with Gasteiger partial charge in [-0.25, -0.2) is 4.39 Å². The largest absolute Gasteiger partial charge is 0.328 e. The van der Waals surface area contributed by atoms with E-state index < -0.39 is 5.67 Å². The predicted molar refractivity (Wildman–Crippen MR) is 66.6 cm³/mol. The summed E-state index contributed by atoms with van der Waals surface area (Å²) in [5.41, 5.74) is 6.76. The van der Waals surface area contributed by atoms with E-state index in [1.807, 2.05) is 13.1 Å². The van der Waals surface area contributed by atoms with Crippen molar-refractivity contribution in [3.63, 3.8) is 0 Å². The molecule has 3 nitrogen and oxygen atoms in total. The van der Waals surface area contributed by atoms with Crippen molar-refractivity contribution in [2.75, 3.05) is 0 Å². The molecule has 1 saturated carbocycles. The van der Waals surface area contributed by atoms with Gasteiger partial charge in [0, 0.05) is 25.2 Å². The van der Waals surface area contributed by atoms with Gasteiger partial charge in [0.25, 0.3) is 0 Å². The number of halogens is 1. The van der Waals surface area contributed by atoms with Crippen molar-refractivity contribution in [2.45, 2.75) is 57.2 Å². The van der Waals surface area contributed by atoms with E-state index in [1.165, 1.54) is 0 Å².